The van der Waals surface area contributed by atoms with E-state index in [9.17, 15) is 13.6 Å². The second kappa shape index (κ2) is 5.34. The van der Waals surface area contributed by atoms with Gasteiger partial charge in [0, 0.05) is 19.0 Å². The number of carbonyl (C=O) groups excluding carboxylic acids is 1. The van der Waals surface area contributed by atoms with E-state index in [0.29, 0.717) is 18.8 Å². The number of halogens is 2. The molecule has 0 bridgehead atoms. The summed E-state index contributed by atoms with van der Waals surface area (Å²) in [5.41, 5.74) is 0.327. The Labute approximate surface area is 119 Å². The van der Waals surface area contributed by atoms with Crippen molar-refractivity contribution < 1.29 is 13.6 Å². The maximum atomic E-state index is 13.0. The van der Waals surface area contributed by atoms with E-state index in [1.54, 1.807) is 4.90 Å². The molecule has 2 unspecified atom stereocenters. The molecule has 21 heavy (non-hydrogen) atoms. The maximum Gasteiger partial charge on any atom is 0.280 e. The van der Waals surface area contributed by atoms with Gasteiger partial charge in [0.1, 0.15) is 12.0 Å². The fourth-order valence-electron chi connectivity index (χ4n) is 2.81. The van der Waals surface area contributed by atoms with Crippen molar-refractivity contribution in [2.75, 3.05) is 13.1 Å². The van der Waals surface area contributed by atoms with Crippen LogP contribution in [-0.2, 0) is 4.79 Å². The van der Waals surface area contributed by atoms with Crippen molar-refractivity contribution in [3.8, 4) is 0 Å². The van der Waals surface area contributed by atoms with Crippen LogP contribution in [0.5, 0.6) is 0 Å². The van der Waals surface area contributed by atoms with Crippen molar-refractivity contribution >= 4 is 12.2 Å². The van der Waals surface area contributed by atoms with Crippen LogP contribution in [0.1, 0.15) is 37.1 Å². The first-order valence-electron chi connectivity index (χ1n) is 6.78. The number of aromatic nitrogens is 4. The quantitative estimate of drug-likeness (QED) is 0.808. The van der Waals surface area contributed by atoms with Crippen LogP contribution >= 0.6 is 0 Å². The lowest BCUT2D eigenvalue weighted by molar-refractivity contribution is -0.119. The molecule has 0 aromatic carbocycles. The minimum atomic E-state index is -2.66. The van der Waals surface area contributed by atoms with Gasteiger partial charge in [-0.1, -0.05) is 6.92 Å². The van der Waals surface area contributed by atoms with Crippen molar-refractivity contribution in [1.29, 1.82) is 0 Å². The number of rotatable bonds is 3. The molecule has 1 aliphatic rings. The highest BCUT2D eigenvalue weighted by molar-refractivity contribution is 5.47. The Balaban J connectivity index is 2.08. The first kappa shape index (κ1) is 13.8. The van der Waals surface area contributed by atoms with Gasteiger partial charge in [-0.15, -0.1) is 0 Å². The molecule has 2 atom stereocenters. The number of fused-ring (bicyclic) bond motifs is 1. The average molecular weight is 295 g/mol. The molecule has 0 N–H and O–H groups in total. The highest BCUT2D eigenvalue weighted by Gasteiger charge is 2.30. The molecular weight excluding hydrogens is 280 g/mol. The van der Waals surface area contributed by atoms with E-state index in [1.807, 2.05) is 0 Å². The van der Waals surface area contributed by atoms with Crippen molar-refractivity contribution in [2.24, 2.45) is 5.92 Å². The summed E-state index contributed by atoms with van der Waals surface area (Å²) in [7, 11) is 0. The monoisotopic (exact) mass is 295 g/mol. The molecule has 1 aliphatic heterocycles. The Morgan fingerprint density at radius 3 is 3.00 bits per heavy atom. The number of hydrogen-bond donors (Lipinski definition) is 0. The molecule has 0 radical (unpaired) electrons. The van der Waals surface area contributed by atoms with Gasteiger partial charge in [0.2, 0.25) is 6.41 Å². The number of hydrogen-bond acceptors (Lipinski definition) is 4. The number of likely N-dealkylation sites (tertiary alicyclic amines) is 1. The molecule has 6 nitrogen and oxygen atoms in total. The van der Waals surface area contributed by atoms with E-state index in [2.05, 4.69) is 22.0 Å². The van der Waals surface area contributed by atoms with Crippen LogP contribution in [0.3, 0.4) is 0 Å². The van der Waals surface area contributed by atoms with Crippen LogP contribution in [0.15, 0.2) is 12.4 Å². The van der Waals surface area contributed by atoms with Crippen LogP contribution in [0.25, 0.3) is 5.78 Å². The van der Waals surface area contributed by atoms with Crippen LogP contribution < -0.4 is 0 Å². The minimum Gasteiger partial charge on any atom is -0.345 e. The summed E-state index contributed by atoms with van der Waals surface area (Å²) in [4.78, 5) is 20.4. The van der Waals surface area contributed by atoms with Gasteiger partial charge in [0.05, 0.1) is 5.69 Å². The van der Waals surface area contributed by atoms with Crippen LogP contribution in [0, 0.1) is 5.92 Å². The maximum absolute atomic E-state index is 13.0. The number of nitrogens with zero attached hydrogens (tertiary/aromatic N) is 5. The molecule has 0 saturated carbocycles. The first-order chi connectivity index (χ1) is 10.1. The Kier molecular flexibility index (Phi) is 3.52. The zero-order valence-electron chi connectivity index (χ0n) is 11.5. The van der Waals surface area contributed by atoms with Crippen molar-refractivity contribution in [2.45, 2.75) is 25.7 Å². The van der Waals surface area contributed by atoms with Crippen molar-refractivity contribution in [1.82, 2.24) is 24.5 Å². The minimum absolute atomic E-state index is 0.0614. The van der Waals surface area contributed by atoms with Gasteiger partial charge in [-0.25, -0.2) is 18.3 Å². The van der Waals surface area contributed by atoms with E-state index in [1.165, 1.54) is 16.9 Å². The van der Waals surface area contributed by atoms with E-state index >= 15 is 0 Å². The first-order valence-corrected chi connectivity index (χ1v) is 6.78. The molecule has 1 saturated heterocycles. The largest absolute Gasteiger partial charge is 0.345 e. The van der Waals surface area contributed by atoms with Gasteiger partial charge in [0.15, 0.2) is 0 Å². The second-order valence-corrected chi connectivity index (χ2v) is 5.35. The van der Waals surface area contributed by atoms with Crippen LogP contribution in [-0.4, -0.2) is 44.0 Å². The number of alkyl halides is 2. The summed E-state index contributed by atoms with van der Waals surface area (Å²) < 4.78 is 27.5. The number of piperidine rings is 1. The van der Waals surface area contributed by atoms with Gasteiger partial charge in [-0.05, 0) is 18.4 Å². The topological polar surface area (TPSA) is 63.4 Å². The lowest BCUT2D eigenvalue weighted by Gasteiger charge is -2.35. The lowest BCUT2D eigenvalue weighted by atomic mass is 9.84. The highest BCUT2D eigenvalue weighted by atomic mass is 19.3. The van der Waals surface area contributed by atoms with Crippen molar-refractivity contribution in [3.63, 3.8) is 0 Å². The van der Waals surface area contributed by atoms with Gasteiger partial charge >= 0.3 is 0 Å². The Morgan fingerprint density at radius 1 is 1.48 bits per heavy atom. The summed E-state index contributed by atoms with van der Waals surface area (Å²) in [6.45, 7) is 3.23. The molecule has 1 amide bonds. The van der Waals surface area contributed by atoms with Crippen LogP contribution in [0.4, 0.5) is 8.78 Å². The molecule has 0 aliphatic carbocycles. The van der Waals surface area contributed by atoms with E-state index < -0.39 is 6.43 Å². The fourth-order valence-corrected chi connectivity index (χ4v) is 2.81. The number of carbonyl (C=O) groups is 1. The summed E-state index contributed by atoms with van der Waals surface area (Å²) in [6, 6.07) is 1.38. The Morgan fingerprint density at radius 2 is 2.29 bits per heavy atom. The predicted octanol–water partition coefficient (Wildman–Crippen LogP) is 1.64. The standard InChI is InChI=1S/C13H15F2N5O/c1-8-2-3-19(7-21)5-9(8)11-4-10(12(14)15)18-13-16-6-17-20(11)13/h4,6-9,12H,2-3,5H2,1H3. The SMILES string of the molecule is CC1CCN(C=O)CC1c1cc(C(F)F)nc2ncnn12. The van der Waals surface area contributed by atoms with E-state index in [-0.39, 0.29) is 23.3 Å². The summed E-state index contributed by atoms with van der Waals surface area (Å²) in [5, 5.41) is 4.07. The molecule has 2 aromatic heterocycles. The van der Waals surface area contributed by atoms with Gasteiger partial charge in [0.25, 0.3) is 12.2 Å². The Hall–Kier alpha value is -2.12. The molecule has 112 valence electrons. The third-order valence-electron chi connectivity index (χ3n) is 4.04. The van der Waals surface area contributed by atoms with Crippen LogP contribution in [0.2, 0.25) is 0 Å². The van der Waals surface area contributed by atoms with E-state index in [4.69, 9.17) is 0 Å². The summed E-state index contributed by atoms with van der Waals surface area (Å²) >= 11 is 0. The van der Waals surface area contributed by atoms with E-state index in [0.717, 1.165) is 12.8 Å². The van der Waals surface area contributed by atoms with Crippen molar-refractivity contribution in [3.05, 3.63) is 23.8 Å². The normalized spacial score (nSPS) is 23.0. The molecule has 0 spiro atoms. The third-order valence-corrected chi connectivity index (χ3v) is 4.04. The zero-order chi connectivity index (χ0) is 15.0. The average Bonchev–Trinajstić information content (AvgIpc) is 2.95. The predicted molar refractivity (Wildman–Crippen MR) is 69.9 cm³/mol. The third kappa shape index (κ3) is 2.45. The summed E-state index contributed by atoms with van der Waals surface area (Å²) in [6.07, 6.45) is 0.261. The number of amides is 1. The highest BCUT2D eigenvalue weighted by Crippen LogP contribution is 2.33. The van der Waals surface area contributed by atoms with Gasteiger partial charge in [-0.2, -0.15) is 10.1 Å². The smallest absolute Gasteiger partial charge is 0.280 e. The fraction of sp³-hybridized carbons (Fsp3) is 0.538. The molecule has 3 heterocycles. The van der Waals surface area contributed by atoms with Gasteiger partial charge < -0.3 is 4.90 Å². The molecule has 8 heteroatoms. The lowest BCUT2D eigenvalue weighted by Crippen LogP contribution is -2.38. The molecular formula is C13H15F2N5O. The molecule has 2 aromatic rings. The zero-order valence-corrected chi connectivity index (χ0v) is 11.5. The second-order valence-electron chi connectivity index (χ2n) is 5.35. The molecule has 1 fully saturated rings. The summed E-state index contributed by atoms with van der Waals surface area (Å²) in [5.74, 6) is 0.369. The van der Waals surface area contributed by atoms with Gasteiger partial charge in [-0.3, -0.25) is 4.79 Å². The Bertz CT molecular complexity index is 659. The molecule has 3 rings (SSSR count).